The number of sulfonamides is 1. The molecule has 0 amide bonds. The van der Waals surface area contributed by atoms with Crippen LogP contribution in [0.3, 0.4) is 0 Å². The molecule has 0 heterocycles. The number of aryl methyl sites for hydroxylation is 1. The van der Waals surface area contributed by atoms with E-state index in [2.05, 4.69) is 0 Å². The molecular formula is C14H11F4NO2S. The predicted octanol–water partition coefficient (Wildman–Crippen LogP) is 3.95. The summed E-state index contributed by atoms with van der Waals surface area (Å²) in [5.41, 5.74) is -1.29. The topological polar surface area (TPSA) is 46.2 Å². The average molecular weight is 333 g/mol. The minimum Gasteiger partial charge on any atom is -0.280 e. The molecule has 0 unspecified atom stereocenters. The van der Waals surface area contributed by atoms with Crippen molar-refractivity contribution in [2.24, 2.45) is 0 Å². The molecule has 0 bridgehead atoms. The van der Waals surface area contributed by atoms with Gasteiger partial charge in [0.2, 0.25) is 0 Å². The van der Waals surface area contributed by atoms with Crippen LogP contribution in [0.4, 0.5) is 23.2 Å². The normalized spacial score (nSPS) is 12.2. The number of alkyl halides is 3. The van der Waals surface area contributed by atoms with E-state index >= 15 is 0 Å². The summed E-state index contributed by atoms with van der Waals surface area (Å²) < 4.78 is 78.0. The summed E-state index contributed by atoms with van der Waals surface area (Å²) >= 11 is 0. The van der Waals surface area contributed by atoms with Crippen molar-refractivity contribution >= 4 is 15.7 Å². The Balaban J connectivity index is 2.41. The van der Waals surface area contributed by atoms with Gasteiger partial charge in [-0.25, -0.2) is 12.8 Å². The first-order valence-corrected chi connectivity index (χ1v) is 7.55. The maximum Gasteiger partial charge on any atom is 0.416 e. The first-order chi connectivity index (χ1) is 10.1. The molecule has 0 atom stereocenters. The molecule has 0 fully saturated rings. The van der Waals surface area contributed by atoms with Crippen molar-refractivity contribution in [3.05, 3.63) is 59.4 Å². The van der Waals surface area contributed by atoms with Gasteiger partial charge in [-0.3, -0.25) is 4.72 Å². The van der Waals surface area contributed by atoms with Gasteiger partial charge in [0.1, 0.15) is 10.7 Å². The number of rotatable bonds is 3. The molecule has 1 N–H and O–H groups in total. The highest BCUT2D eigenvalue weighted by molar-refractivity contribution is 7.92. The molecular weight excluding hydrogens is 322 g/mol. The van der Waals surface area contributed by atoms with Crippen LogP contribution < -0.4 is 4.72 Å². The van der Waals surface area contributed by atoms with Gasteiger partial charge < -0.3 is 0 Å². The lowest BCUT2D eigenvalue weighted by atomic mass is 10.1. The quantitative estimate of drug-likeness (QED) is 0.865. The van der Waals surface area contributed by atoms with E-state index in [-0.39, 0.29) is 11.3 Å². The summed E-state index contributed by atoms with van der Waals surface area (Å²) in [6, 6.07) is 7.59. The monoisotopic (exact) mass is 333 g/mol. The number of hydrogen-bond acceptors (Lipinski definition) is 2. The van der Waals surface area contributed by atoms with Crippen molar-refractivity contribution < 1.29 is 26.0 Å². The molecule has 0 saturated heterocycles. The van der Waals surface area contributed by atoms with Crippen LogP contribution in [0.15, 0.2) is 47.4 Å². The van der Waals surface area contributed by atoms with Crippen LogP contribution in [0.1, 0.15) is 11.1 Å². The zero-order valence-electron chi connectivity index (χ0n) is 11.3. The minimum atomic E-state index is -4.61. The second kappa shape index (κ2) is 5.60. The summed E-state index contributed by atoms with van der Waals surface area (Å²) in [7, 11) is -4.31. The lowest BCUT2D eigenvalue weighted by molar-refractivity contribution is -0.138. The number of benzene rings is 2. The van der Waals surface area contributed by atoms with Crippen molar-refractivity contribution in [3.8, 4) is 0 Å². The highest BCUT2D eigenvalue weighted by Crippen LogP contribution is 2.34. The van der Waals surface area contributed by atoms with E-state index in [1.165, 1.54) is 25.1 Å². The Morgan fingerprint density at radius 3 is 2.27 bits per heavy atom. The molecule has 3 nitrogen and oxygen atoms in total. The SMILES string of the molecule is Cc1ccc(NS(=O)(=O)c2ccccc2F)cc1C(F)(F)F. The van der Waals surface area contributed by atoms with Crippen LogP contribution in [0, 0.1) is 12.7 Å². The molecule has 8 heteroatoms. The molecule has 2 rings (SSSR count). The Labute approximate surface area is 124 Å². The highest BCUT2D eigenvalue weighted by Gasteiger charge is 2.33. The zero-order chi connectivity index (χ0) is 16.5. The van der Waals surface area contributed by atoms with Gasteiger partial charge in [-0.15, -0.1) is 0 Å². The summed E-state index contributed by atoms with van der Waals surface area (Å²) in [4.78, 5) is -0.635. The van der Waals surface area contributed by atoms with Crippen LogP contribution in [-0.2, 0) is 16.2 Å². The van der Waals surface area contributed by atoms with Crippen molar-refractivity contribution in [2.45, 2.75) is 18.0 Å². The van der Waals surface area contributed by atoms with Gasteiger partial charge in [0, 0.05) is 5.69 Å². The highest BCUT2D eigenvalue weighted by atomic mass is 32.2. The van der Waals surface area contributed by atoms with Crippen LogP contribution in [0.2, 0.25) is 0 Å². The average Bonchev–Trinajstić information content (AvgIpc) is 2.39. The Bertz CT molecular complexity index is 801. The third-order valence-electron chi connectivity index (χ3n) is 2.92. The zero-order valence-corrected chi connectivity index (χ0v) is 12.1. The van der Waals surface area contributed by atoms with Crippen molar-refractivity contribution in [1.29, 1.82) is 0 Å². The van der Waals surface area contributed by atoms with E-state index in [1.807, 2.05) is 4.72 Å². The number of hydrogen-bond donors (Lipinski definition) is 1. The molecule has 0 aliphatic heterocycles. The largest absolute Gasteiger partial charge is 0.416 e. The molecule has 0 saturated carbocycles. The standard InChI is InChI=1S/C14H11F4NO2S/c1-9-6-7-10(8-11(9)14(16,17)18)19-22(20,21)13-5-3-2-4-12(13)15/h2-8,19H,1H3. The fraction of sp³-hybridized carbons (Fsp3) is 0.143. The molecule has 0 spiro atoms. The van der Waals surface area contributed by atoms with E-state index in [0.717, 1.165) is 18.2 Å². The lowest BCUT2D eigenvalue weighted by Crippen LogP contribution is -2.15. The van der Waals surface area contributed by atoms with Crippen molar-refractivity contribution in [3.63, 3.8) is 0 Å². The molecule has 2 aromatic carbocycles. The molecule has 0 aliphatic carbocycles. The summed E-state index contributed by atoms with van der Waals surface area (Å²) in [6.07, 6.45) is -4.61. The maximum absolute atomic E-state index is 13.5. The van der Waals surface area contributed by atoms with E-state index < -0.39 is 32.5 Å². The van der Waals surface area contributed by atoms with Crippen LogP contribution in [0.25, 0.3) is 0 Å². The maximum atomic E-state index is 13.5. The van der Waals surface area contributed by atoms with Crippen molar-refractivity contribution in [2.75, 3.05) is 4.72 Å². The van der Waals surface area contributed by atoms with Gasteiger partial charge in [0.25, 0.3) is 10.0 Å². The second-order valence-corrected chi connectivity index (χ2v) is 6.21. The van der Waals surface area contributed by atoms with Gasteiger partial charge in [-0.1, -0.05) is 18.2 Å². The van der Waals surface area contributed by atoms with E-state index in [1.54, 1.807) is 0 Å². The fourth-order valence-electron chi connectivity index (χ4n) is 1.86. The third kappa shape index (κ3) is 3.38. The molecule has 0 radical (unpaired) electrons. The lowest BCUT2D eigenvalue weighted by Gasteiger charge is -2.13. The van der Waals surface area contributed by atoms with E-state index in [4.69, 9.17) is 0 Å². The fourth-order valence-corrected chi connectivity index (χ4v) is 2.99. The van der Waals surface area contributed by atoms with Gasteiger partial charge in [0.15, 0.2) is 0 Å². The summed E-state index contributed by atoms with van der Waals surface area (Å²) in [5, 5.41) is 0. The van der Waals surface area contributed by atoms with Crippen LogP contribution in [-0.4, -0.2) is 8.42 Å². The van der Waals surface area contributed by atoms with Gasteiger partial charge in [-0.05, 0) is 36.8 Å². The first-order valence-electron chi connectivity index (χ1n) is 6.06. The Morgan fingerprint density at radius 1 is 1.05 bits per heavy atom. The number of anilines is 1. The van der Waals surface area contributed by atoms with Gasteiger partial charge >= 0.3 is 6.18 Å². The summed E-state index contributed by atoms with van der Waals surface area (Å²) in [5.74, 6) is -0.988. The smallest absolute Gasteiger partial charge is 0.280 e. The van der Waals surface area contributed by atoms with E-state index in [9.17, 15) is 26.0 Å². The predicted molar refractivity (Wildman–Crippen MR) is 73.4 cm³/mol. The van der Waals surface area contributed by atoms with Crippen molar-refractivity contribution in [1.82, 2.24) is 0 Å². The number of halogens is 4. The van der Waals surface area contributed by atoms with Gasteiger partial charge in [-0.2, -0.15) is 13.2 Å². The van der Waals surface area contributed by atoms with Gasteiger partial charge in [0.05, 0.1) is 5.56 Å². The third-order valence-corrected chi connectivity index (χ3v) is 4.34. The molecule has 118 valence electrons. The minimum absolute atomic E-state index is 0.0404. The molecule has 0 aliphatic rings. The first kappa shape index (κ1) is 16.3. The number of nitrogens with one attached hydrogen (secondary N) is 1. The Hall–Kier alpha value is -2.09. The summed E-state index contributed by atoms with van der Waals surface area (Å²) in [6.45, 7) is 1.26. The second-order valence-electron chi connectivity index (χ2n) is 4.56. The van der Waals surface area contributed by atoms with Crippen LogP contribution in [0.5, 0.6) is 0 Å². The van der Waals surface area contributed by atoms with E-state index in [0.29, 0.717) is 6.07 Å². The Kier molecular flexibility index (Phi) is 4.15. The van der Waals surface area contributed by atoms with Crippen LogP contribution >= 0.6 is 0 Å². The molecule has 0 aromatic heterocycles. The molecule has 22 heavy (non-hydrogen) atoms. The Morgan fingerprint density at radius 2 is 1.68 bits per heavy atom. The molecule has 2 aromatic rings.